The zero-order valence-electron chi connectivity index (χ0n) is 19.6. The maximum Gasteiger partial charge on any atom is 0.324 e. The van der Waals surface area contributed by atoms with Gasteiger partial charge in [0.1, 0.15) is 18.2 Å². The summed E-state index contributed by atoms with van der Waals surface area (Å²) in [6.45, 7) is 6.94. The number of hydrogen-bond acceptors (Lipinski definition) is 9. The maximum atomic E-state index is 14.5. The number of halogens is 1. The molecule has 11 heteroatoms. The summed E-state index contributed by atoms with van der Waals surface area (Å²) < 4.78 is 25.7. The van der Waals surface area contributed by atoms with Gasteiger partial charge in [-0.15, -0.1) is 0 Å². The molecule has 1 N–H and O–H groups in total. The summed E-state index contributed by atoms with van der Waals surface area (Å²) in [5.41, 5.74) is 0.389. The van der Waals surface area contributed by atoms with Gasteiger partial charge in [-0.2, -0.15) is 4.98 Å². The van der Waals surface area contributed by atoms with Crippen molar-refractivity contribution < 1.29 is 23.2 Å². The first-order valence-corrected chi connectivity index (χ1v) is 12.4. The highest BCUT2D eigenvalue weighted by Gasteiger charge is 2.32. The number of rotatable bonds is 9. The second-order valence-corrected chi connectivity index (χ2v) is 10.2. The number of nitrogens with zero attached hydrogens (tertiary/aromatic N) is 4. The molecule has 184 valence electrons. The second kappa shape index (κ2) is 10.7. The van der Waals surface area contributed by atoms with E-state index in [4.69, 9.17) is 9.26 Å². The third-order valence-corrected chi connectivity index (χ3v) is 7.20. The number of imide groups is 1. The molecule has 1 aromatic heterocycles. The first kappa shape index (κ1) is 24.5. The van der Waals surface area contributed by atoms with Crippen molar-refractivity contribution >= 4 is 28.9 Å². The van der Waals surface area contributed by atoms with Crippen LogP contribution in [-0.4, -0.2) is 70.8 Å². The van der Waals surface area contributed by atoms with Crippen LogP contribution in [-0.2, 0) is 11.2 Å². The molecular weight excluding hydrogens is 461 g/mol. The van der Waals surface area contributed by atoms with E-state index < -0.39 is 11.1 Å². The van der Waals surface area contributed by atoms with Gasteiger partial charge in [-0.05, 0) is 37.9 Å². The molecule has 2 aromatic rings. The molecule has 4 rings (SSSR count). The molecule has 9 nitrogen and oxygen atoms in total. The standard InChI is InChI=1S/C23H30FN5O4S/c1-14(2)20-25-22(33-27-20)29-8-6-16(7-9-29)28(3)10-11-32-17-5-4-15(18(24)13-17)12-19-21(30)26-23(31)34-19/h4-5,13-14,16,19H,6-12H2,1-3H3,(H,26,30,31). The zero-order chi connectivity index (χ0) is 24.2. The minimum Gasteiger partial charge on any atom is -0.492 e. The molecule has 2 aliphatic rings. The summed E-state index contributed by atoms with van der Waals surface area (Å²) in [5, 5.41) is 5.28. The third kappa shape index (κ3) is 5.87. The maximum absolute atomic E-state index is 14.5. The number of carbonyl (C=O) groups excluding carboxylic acids is 2. The number of carbonyl (C=O) groups is 2. The molecule has 0 bridgehead atoms. The lowest BCUT2D eigenvalue weighted by Gasteiger charge is -2.35. The van der Waals surface area contributed by atoms with Crippen molar-refractivity contribution in [3.05, 3.63) is 35.4 Å². The molecule has 0 radical (unpaired) electrons. The topological polar surface area (TPSA) is 101 Å². The summed E-state index contributed by atoms with van der Waals surface area (Å²) >= 11 is 0.895. The number of likely N-dealkylation sites (N-methyl/N-ethyl adjacent to an activating group) is 1. The number of nitrogens with one attached hydrogen (secondary N) is 1. The number of piperidine rings is 1. The van der Waals surface area contributed by atoms with E-state index in [1.165, 1.54) is 6.07 Å². The van der Waals surface area contributed by atoms with Crippen LogP contribution in [0.25, 0.3) is 0 Å². The van der Waals surface area contributed by atoms with Crippen LogP contribution in [0, 0.1) is 5.82 Å². The number of hydrogen-bond donors (Lipinski definition) is 1. The predicted molar refractivity (Wildman–Crippen MR) is 127 cm³/mol. The van der Waals surface area contributed by atoms with Gasteiger partial charge < -0.3 is 14.2 Å². The molecule has 2 saturated heterocycles. The van der Waals surface area contributed by atoms with Crippen LogP contribution in [0.4, 0.5) is 15.2 Å². The summed E-state index contributed by atoms with van der Waals surface area (Å²) in [6, 6.07) is 5.67. The Morgan fingerprint density at radius 1 is 1.32 bits per heavy atom. The third-order valence-electron chi connectivity index (χ3n) is 6.22. The number of aromatic nitrogens is 2. The van der Waals surface area contributed by atoms with E-state index in [-0.39, 0.29) is 23.5 Å². The van der Waals surface area contributed by atoms with Crippen LogP contribution in [0.15, 0.2) is 22.7 Å². The Balaban J connectivity index is 1.20. The molecule has 1 atom stereocenters. The van der Waals surface area contributed by atoms with Crippen molar-refractivity contribution in [1.29, 1.82) is 0 Å². The quantitative estimate of drug-likeness (QED) is 0.567. The van der Waals surface area contributed by atoms with Gasteiger partial charge in [-0.25, -0.2) is 4.39 Å². The van der Waals surface area contributed by atoms with Gasteiger partial charge >= 0.3 is 6.01 Å². The SMILES string of the molecule is CC(C)c1noc(N2CCC(N(C)CCOc3ccc(CC4SC(=O)NC4=O)c(F)c3)CC2)n1. The predicted octanol–water partition coefficient (Wildman–Crippen LogP) is 3.21. The molecule has 0 aliphatic carbocycles. The van der Waals surface area contributed by atoms with Crippen LogP contribution in [0.1, 0.15) is 44.0 Å². The van der Waals surface area contributed by atoms with Crippen LogP contribution in [0.2, 0.25) is 0 Å². The van der Waals surface area contributed by atoms with Gasteiger partial charge in [0, 0.05) is 37.7 Å². The van der Waals surface area contributed by atoms with Crippen molar-refractivity contribution in [1.82, 2.24) is 20.4 Å². The Morgan fingerprint density at radius 3 is 2.71 bits per heavy atom. The average molecular weight is 492 g/mol. The first-order chi connectivity index (χ1) is 16.3. The van der Waals surface area contributed by atoms with Crippen molar-refractivity contribution in [2.24, 2.45) is 0 Å². The van der Waals surface area contributed by atoms with Crippen LogP contribution < -0.4 is 15.0 Å². The van der Waals surface area contributed by atoms with E-state index >= 15 is 0 Å². The van der Waals surface area contributed by atoms with E-state index in [2.05, 4.69) is 32.3 Å². The lowest BCUT2D eigenvalue weighted by Crippen LogP contribution is -2.44. The smallest absolute Gasteiger partial charge is 0.324 e. The number of ether oxygens (including phenoxy) is 1. The molecule has 1 aromatic carbocycles. The lowest BCUT2D eigenvalue weighted by molar-refractivity contribution is -0.118. The Kier molecular flexibility index (Phi) is 7.72. The fourth-order valence-corrected chi connectivity index (χ4v) is 4.93. The van der Waals surface area contributed by atoms with Gasteiger partial charge in [-0.1, -0.05) is 36.8 Å². The molecular formula is C23H30FN5O4S. The number of amides is 2. The number of thioether (sulfide) groups is 1. The Hall–Kier alpha value is -2.66. The van der Waals surface area contributed by atoms with E-state index in [9.17, 15) is 14.0 Å². The minimum atomic E-state index is -0.592. The lowest BCUT2D eigenvalue weighted by atomic mass is 10.0. The second-order valence-electron chi connectivity index (χ2n) is 8.98. The highest BCUT2D eigenvalue weighted by atomic mass is 32.2. The summed E-state index contributed by atoms with van der Waals surface area (Å²) in [5.74, 6) is 0.605. The van der Waals surface area contributed by atoms with Crippen LogP contribution in [0.5, 0.6) is 5.75 Å². The van der Waals surface area contributed by atoms with Gasteiger partial charge in [-0.3, -0.25) is 19.8 Å². The molecule has 0 spiro atoms. The number of benzene rings is 1. The fraction of sp³-hybridized carbons (Fsp3) is 0.565. The van der Waals surface area contributed by atoms with E-state index in [1.54, 1.807) is 12.1 Å². The van der Waals surface area contributed by atoms with Crippen LogP contribution in [0.3, 0.4) is 0 Å². The highest BCUT2D eigenvalue weighted by molar-refractivity contribution is 8.15. The van der Waals surface area contributed by atoms with E-state index in [0.29, 0.717) is 36.5 Å². The van der Waals surface area contributed by atoms with Gasteiger partial charge in [0.25, 0.3) is 5.24 Å². The Morgan fingerprint density at radius 2 is 2.09 bits per heavy atom. The molecule has 3 heterocycles. The summed E-state index contributed by atoms with van der Waals surface area (Å²) in [7, 11) is 2.07. The Bertz CT molecular complexity index is 1020. The molecule has 0 saturated carbocycles. The van der Waals surface area contributed by atoms with Crippen molar-refractivity contribution in [3.8, 4) is 5.75 Å². The van der Waals surface area contributed by atoms with Gasteiger partial charge in [0.15, 0.2) is 5.82 Å². The molecule has 34 heavy (non-hydrogen) atoms. The molecule has 2 aliphatic heterocycles. The Labute approximate surface area is 202 Å². The van der Waals surface area contributed by atoms with E-state index in [1.807, 2.05) is 13.8 Å². The molecule has 2 fully saturated rings. The monoisotopic (exact) mass is 491 g/mol. The highest BCUT2D eigenvalue weighted by Crippen LogP contribution is 2.26. The number of anilines is 1. The summed E-state index contributed by atoms with van der Waals surface area (Å²) in [4.78, 5) is 31.9. The fourth-order valence-electron chi connectivity index (χ4n) is 4.09. The van der Waals surface area contributed by atoms with Gasteiger partial charge in [0.2, 0.25) is 5.91 Å². The average Bonchev–Trinajstić information content (AvgIpc) is 3.42. The largest absolute Gasteiger partial charge is 0.492 e. The first-order valence-electron chi connectivity index (χ1n) is 11.5. The minimum absolute atomic E-state index is 0.165. The normalized spacial score (nSPS) is 19.4. The molecule has 2 amide bonds. The zero-order valence-corrected chi connectivity index (χ0v) is 20.4. The van der Waals surface area contributed by atoms with E-state index in [0.717, 1.165) is 43.5 Å². The van der Waals surface area contributed by atoms with Gasteiger partial charge in [0.05, 0.1) is 5.25 Å². The van der Waals surface area contributed by atoms with Crippen molar-refractivity contribution in [2.75, 3.05) is 38.2 Å². The van der Waals surface area contributed by atoms with Crippen molar-refractivity contribution in [3.63, 3.8) is 0 Å². The van der Waals surface area contributed by atoms with Crippen molar-refractivity contribution in [2.45, 2.75) is 50.3 Å². The van der Waals surface area contributed by atoms with Crippen LogP contribution >= 0.6 is 11.8 Å². The molecule has 1 unspecified atom stereocenters. The summed E-state index contributed by atoms with van der Waals surface area (Å²) in [6.07, 6.45) is 2.13.